The van der Waals surface area contributed by atoms with Crippen LogP contribution in [0, 0.1) is 5.92 Å². The van der Waals surface area contributed by atoms with Crippen LogP contribution in [0.5, 0.6) is 0 Å². The predicted octanol–water partition coefficient (Wildman–Crippen LogP) is 4.86. The number of hydrogen-bond donors (Lipinski definition) is 0. The molecule has 2 rings (SSSR count). The van der Waals surface area contributed by atoms with E-state index < -0.39 is 0 Å². The van der Waals surface area contributed by atoms with E-state index in [1.54, 1.807) is 0 Å². The first kappa shape index (κ1) is 14.5. The summed E-state index contributed by atoms with van der Waals surface area (Å²) in [6.45, 7) is 10.7. The smallest absolute Gasteiger partial charge is 0.150 e. The van der Waals surface area contributed by atoms with Crippen molar-refractivity contribution in [2.45, 2.75) is 34.6 Å². The quantitative estimate of drug-likeness (QED) is 0.652. The highest BCUT2D eigenvalue weighted by Crippen LogP contribution is 2.36. The van der Waals surface area contributed by atoms with Gasteiger partial charge in [-0.15, -0.1) is 0 Å². The molecule has 0 saturated carbocycles. The molecule has 0 aromatic carbocycles. The Morgan fingerprint density at radius 2 is 1.60 bits per heavy atom. The molecule has 0 spiro atoms. The lowest BCUT2D eigenvalue weighted by Gasteiger charge is -2.15. The van der Waals surface area contributed by atoms with Gasteiger partial charge in [-0.05, 0) is 60.1 Å². The van der Waals surface area contributed by atoms with E-state index in [2.05, 4.69) is 45.9 Å². The lowest BCUT2D eigenvalue weighted by molar-refractivity contribution is -0.104. The molecule has 0 N–H and O–H groups in total. The van der Waals surface area contributed by atoms with Gasteiger partial charge in [0.05, 0.1) is 0 Å². The van der Waals surface area contributed by atoms with E-state index in [1.807, 2.05) is 19.1 Å². The Kier molecular flexibility index (Phi) is 4.08. The molecule has 0 aliphatic heterocycles. The predicted molar refractivity (Wildman–Crippen MR) is 85.4 cm³/mol. The van der Waals surface area contributed by atoms with Crippen LogP contribution in [0.3, 0.4) is 0 Å². The van der Waals surface area contributed by atoms with Gasteiger partial charge in [0, 0.05) is 5.57 Å². The molecule has 0 aromatic rings. The summed E-state index contributed by atoms with van der Waals surface area (Å²) in [4.78, 5) is 11.3. The highest BCUT2D eigenvalue weighted by atomic mass is 16.1. The Morgan fingerprint density at radius 1 is 0.950 bits per heavy atom. The van der Waals surface area contributed by atoms with Gasteiger partial charge in [0.1, 0.15) is 6.29 Å². The van der Waals surface area contributed by atoms with Gasteiger partial charge >= 0.3 is 0 Å². The van der Waals surface area contributed by atoms with E-state index >= 15 is 0 Å². The Hall–Kier alpha value is -1.89. The van der Waals surface area contributed by atoms with E-state index in [0.717, 1.165) is 17.4 Å². The molecule has 2 aliphatic rings. The number of hydrogen-bond acceptors (Lipinski definition) is 1. The number of allylic oxidation sites excluding steroid dienone is 12. The van der Waals surface area contributed by atoms with E-state index in [4.69, 9.17) is 0 Å². The Balaban J connectivity index is 2.74. The molecule has 2 aliphatic carbocycles. The summed E-state index contributed by atoms with van der Waals surface area (Å²) in [5, 5.41) is 0. The third-order valence-corrected chi connectivity index (χ3v) is 4.04. The van der Waals surface area contributed by atoms with E-state index in [9.17, 15) is 4.79 Å². The van der Waals surface area contributed by atoms with Crippen molar-refractivity contribution >= 4 is 6.29 Å². The number of aldehydes is 1. The molecule has 0 saturated heterocycles. The van der Waals surface area contributed by atoms with Gasteiger partial charge < -0.3 is 0 Å². The Bertz CT molecular complexity index is 629. The fourth-order valence-electron chi connectivity index (χ4n) is 2.67. The lowest BCUT2D eigenvalue weighted by Crippen LogP contribution is -1.99. The summed E-state index contributed by atoms with van der Waals surface area (Å²) < 4.78 is 0. The van der Waals surface area contributed by atoms with Crippen LogP contribution < -0.4 is 0 Å². The van der Waals surface area contributed by atoms with Crippen molar-refractivity contribution < 1.29 is 4.79 Å². The van der Waals surface area contributed by atoms with Gasteiger partial charge in [0.15, 0.2) is 0 Å². The first-order valence-electron chi connectivity index (χ1n) is 7.12. The lowest BCUT2D eigenvalue weighted by atomic mass is 9.88. The van der Waals surface area contributed by atoms with Crippen molar-refractivity contribution in [3.8, 4) is 0 Å². The van der Waals surface area contributed by atoms with Crippen LogP contribution in [0.4, 0.5) is 0 Å². The molecule has 0 aromatic heterocycles. The SMILES string of the molecule is CC1=CC=C(C=O)C(C)=C2C(C)=CC=C(C(C)C)C=C12. The molecule has 0 heterocycles. The van der Waals surface area contributed by atoms with Crippen LogP contribution in [-0.4, -0.2) is 6.29 Å². The number of fused-ring (bicyclic) bond motifs is 1. The van der Waals surface area contributed by atoms with Crippen LogP contribution >= 0.6 is 0 Å². The van der Waals surface area contributed by atoms with E-state index in [-0.39, 0.29) is 0 Å². The fraction of sp³-hybridized carbons (Fsp3) is 0.316. The van der Waals surface area contributed by atoms with Gasteiger partial charge in [-0.1, -0.05) is 44.2 Å². The summed E-state index contributed by atoms with van der Waals surface area (Å²) in [5.41, 5.74) is 8.01. The second kappa shape index (κ2) is 5.62. The summed E-state index contributed by atoms with van der Waals surface area (Å²) in [7, 11) is 0. The van der Waals surface area contributed by atoms with Gasteiger partial charge in [-0.25, -0.2) is 0 Å². The Morgan fingerprint density at radius 3 is 2.20 bits per heavy atom. The molecule has 1 heteroatoms. The van der Waals surface area contributed by atoms with Gasteiger partial charge in [0.2, 0.25) is 0 Å². The van der Waals surface area contributed by atoms with Crippen molar-refractivity contribution in [2.24, 2.45) is 5.92 Å². The number of rotatable bonds is 2. The molecular weight excluding hydrogens is 244 g/mol. The summed E-state index contributed by atoms with van der Waals surface area (Å²) in [6.07, 6.45) is 11.5. The molecule has 0 bridgehead atoms. The maximum absolute atomic E-state index is 11.3. The molecule has 20 heavy (non-hydrogen) atoms. The minimum atomic E-state index is 0.487. The topological polar surface area (TPSA) is 17.1 Å². The van der Waals surface area contributed by atoms with Crippen molar-refractivity contribution in [3.63, 3.8) is 0 Å². The zero-order valence-electron chi connectivity index (χ0n) is 12.9. The third kappa shape index (κ3) is 2.53. The zero-order chi connectivity index (χ0) is 14.9. The highest BCUT2D eigenvalue weighted by molar-refractivity contribution is 5.84. The second-order valence-electron chi connectivity index (χ2n) is 5.82. The van der Waals surface area contributed by atoms with E-state index in [0.29, 0.717) is 5.92 Å². The largest absolute Gasteiger partial charge is 0.298 e. The van der Waals surface area contributed by atoms with Crippen molar-refractivity contribution in [2.75, 3.05) is 0 Å². The molecule has 0 unspecified atom stereocenters. The van der Waals surface area contributed by atoms with Gasteiger partial charge in [0.25, 0.3) is 0 Å². The normalized spacial score (nSPS) is 19.2. The van der Waals surface area contributed by atoms with Crippen LogP contribution in [-0.2, 0) is 4.79 Å². The van der Waals surface area contributed by atoms with Gasteiger partial charge in [-0.2, -0.15) is 0 Å². The van der Waals surface area contributed by atoms with Crippen LogP contribution in [0.25, 0.3) is 0 Å². The maximum Gasteiger partial charge on any atom is 0.150 e. The monoisotopic (exact) mass is 266 g/mol. The average Bonchev–Trinajstić information content (AvgIpc) is 2.64. The fourth-order valence-corrected chi connectivity index (χ4v) is 2.67. The minimum absolute atomic E-state index is 0.487. The summed E-state index contributed by atoms with van der Waals surface area (Å²) in [6, 6.07) is 0. The number of carbonyl (C=O) groups excluding carboxylic acids is 1. The standard InChI is InChI=1S/C19H22O/c1-12(2)16-8-7-14(4)19-15(5)17(11-20)9-6-13(3)18(19)10-16/h6-12H,1-5H3. The highest BCUT2D eigenvalue weighted by Gasteiger charge is 2.19. The maximum atomic E-state index is 11.3. The van der Waals surface area contributed by atoms with Crippen molar-refractivity contribution in [3.05, 3.63) is 69.4 Å². The molecule has 1 nitrogen and oxygen atoms in total. The number of carbonyl (C=O) groups is 1. The third-order valence-electron chi connectivity index (χ3n) is 4.04. The van der Waals surface area contributed by atoms with Crippen LogP contribution in [0.15, 0.2) is 69.4 Å². The second-order valence-corrected chi connectivity index (χ2v) is 5.82. The van der Waals surface area contributed by atoms with Crippen LogP contribution in [0.1, 0.15) is 34.6 Å². The molecule has 0 amide bonds. The zero-order valence-corrected chi connectivity index (χ0v) is 12.9. The van der Waals surface area contributed by atoms with Crippen molar-refractivity contribution in [1.82, 2.24) is 0 Å². The van der Waals surface area contributed by atoms with E-state index in [1.165, 1.54) is 27.9 Å². The summed E-state index contributed by atoms with van der Waals surface area (Å²) >= 11 is 0. The van der Waals surface area contributed by atoms with Crippen molar-refractivity contribution in [1.29, 1.82) is 0 Å². The molecular formula is C19H22O. The summed E-state index contributed by atoms with van der Waals surface area (Å²) in [5.74, 6) is 0.487. The average molecular weight is 266 g/mol. The molecule has 104 valence electrons. The Labute approximate surface area is 121 Å². The molecule has 0 atom stereocenters. The first-order chi connectivity index (χ1) is 9.45. The van der Waals surface area contributed by atoms with Crippen LogP contribution in [0.2, 0.25) is 0 Å². The molecule has 0 fully saturated rings. The first-order valence-corrected chi connectivity index (χ1v) is 7.12. The minimum Gasteiger partial charge on any atom is -0.298 e. The van der Waals surface area contributed by atoms with Gasteiger partial charge in [-0.3, -0.25) is 4.79 Å². The molecule has 0 radical (unpaired) electrons.